The van der Waals surface area contributed by atoms with Gasteiger partial charge in [-0.2, -0.15) is 5.10 Å². The van der Waals surface area contributed by atoms with Crippen molar-refractivity contribution in [2.45, 2.75) is 32.1 Å². The molecule has 94 valence electrons. The fourth-order valence-electron chi connectivity index (χ4n) is 2.47. The van der Waals surface area contributed by atoms with Gasteiger partial charge in [-0.1, -0.05) is 35.7 Å². The zero-order valence-electron chi connectivity index (χ0n) is 10.00. The van der Waals surface area contributed by atoms with E-state index in [9.17, 15) is 0 Å². The van der Waals surface area contributed by atoms with Crippen molar-refractivity contribution in [3.63, 3.8) is 0 Å². The molecule has 0 fully saturated rings. The minimum absolute atomic E-state index is 0.703. The summed E-state index contributed by atoms with van der Waals surface area (Å²) in [5, 5.41) is 6.10. The SMILES string of the molecule is Clc1cccc(-n2nc3c(c2Cl)CCCCC3)c1. The Balaban J connectivity index is 2.08. The summed E-state index contributed by atoms with van der Waals surface area (Å²) in [5.74, 6) is 0. The van der Waals surface area contributed by atoms with Gasteiger partial charge >= 0.3 is 0 Å². The average molecular weight is 281 g/mol. The molecular weight excluding hydrogens is 267 g/mol. The summed E-state index contributed by atoms with van der Waals surface area (Å²) >= 11 is 12.5. The van der Waals surface area contributed by atoms with Crippen molar-refractivity contribution in [1.29, 1.82) is 0 Å². The van der Waals surface area contributed by atoms with Crippen molar-refractivity contribution < 1.29 is 0 Å². The molecule has 0 saturated heterocycles. The molecule has 2 nitrogen and oxygen atoms in total. The first-order valence-corrected chi connectivity index (χ1v) is 7.03. The van der Waals surface area contributed by atoms with Gasteiger partial charge in [0.2, 0.25) is 0 Å². The summed E-state index contributed by atoms with van der Waals surface area (Å²) in [4.78, 5) is 0. The number of aryl methyl sites for hydroxylation is 1. The lowest BCUT2D eigenvalue weighted by atomic mass is 10.1. The van der Waals surface area contributed by atoms with Crippen LogP contribution in [0, 0.1) is 0 Å². The monoisotopic (exact) mass is 280 g/mol. The molecule has 1 heterocycles. The predicted octanol–water partition coefficient (Wildman–Crippen LogP) is 4.45. The van der Waals surface area contributed by atoms with Gasteiger partial charge in [-0.3, -0.25) is 0 Å². The van der Waals surface area contributed by atoms with Crippen LogP contribution in [0.4, 0.5) is 0 Å². The van der Waals surface area contributed by atoms with E-state index in [4.69, 9.17) is 23.2 Å². The molecule has 2 aromatic rings. The van der Waals surface area contributed by atoms with Crippen LogP contribution in [-0.4, -0.2) is 9.78 Å². The minimum Gasteiger partial charge on any atom is -0.222 e. The molecular formula is C14H14Cl2N2. The maximum absolute atomic E-state index is 6.46. The van der Waals surface area contributed by atoms with E-state index in [-0.39, 0.29) is 0 Å². The van der Waals surface area contributed by atoms with E-state index in [1.165, 1.54) is 24.8 Å². The smallest absolute Gasteiger partial charge is 0.136 e. The van der Waals surface area contributed by atoms with Crippen LogP contribution in [0.5, 0.6) is 0 Å². The highest BCUT2D eigenvalue weighted by Crippen LogP contribution is 2.29. The van der Waals surface area contributed by atoms with Crippen molar-refractivity contribution >= 4 is 23.2 Å². The van der Waals surface area contributed by atoms with Crippen molar-refractivity contribution in [1.82, 2.24) is 9.78 Å². The number of benzene rings is 1. The summed E-state index contributed by atoms with van der Waals surface area (Å²) in [6, 6.07) is 7.64. The Hall–Kier alpha value is -0.990. The fourth-order valence-corrected chi connectivity index (χ4v) is 2.99. The van der Waals surface area contributed by atoms with Gasteiger partial charge in [0.25, 0.3) is 0 Å². The van der Waals surface area contributed by atoms with Crippen LogP contribution >= 0.6 is 23.2 Å². The topological polar surface area (TPSA) is 17.8 Å². The van der Waals surface area contributed by atoms with Gasteiger partial charge in [-0.25, -0.2) is 4.68 Å². The van der Waals surface area contributed by atoms with Crippen LogP contribution in [0.3, 0.4) is 0 Å². The maximum Gasteiger partial charge on any atom is 0.136 e. The summed E-state index contributed by atoms with van der Waals surface area (Å²) < 4.78 is 1.81. The highest BCUT2D eigenvalue weighted by Gasteiger charge is 2.18. The molecule has 1 aromatic carbocycles. The predicted molar refractivity (Wildman–Crippen MR) is 74.8 cm³/mol. The van der Waals surface area contributed by atoms with E-state index < -0.39 is 0 Å². The molecule has 0 aliphatic heterocycles. The Morgan fingerprint density at radius 2 is 1.89 bits per heavy atom. The third-order valence-electron chi connectivity index (χ3n) is 3.40. The van der Waals surface area contributed by atoms with E-state index in [1.807, 2.05) is 28.9 Å². The largest absolute Gasteiger partial charge is 0.222 e. The molecule has 1 aliphatic rings. The number of aromatic nitrogens is 2. The first-order valence-electron chi connectivity index (χ1n) is 6.28. The number of fused-ring (bicyclic) bond motifs is 1. The molecule has 0 bridgehead atoms. The molecule has 0 saturated carbocycles. The van der Waals surface area contributed by atoms with E-state index in [1.54, 1.807) is 0 Å². The van der Waals surface area contributed by atoms with Crippen LogP contribution in [0.15, 0.2) is 24.3 Å². The second kappa shape index (κ2) is 4.94. The lowest BCUT2D eigenvalue weighted by Crippen LogP contribution is -1.97. The minimum atomic E-state index is 0.703. The summed E-state index contributed by atoms with van der Waals surface area (Å²) in [6.45, 7) is 0. The number of hydrogen-bond acceptors (Lipinski definition) is 1. The molecule has 0 unspecified atom stereocenters. The molecule has 0 spiro atoms. The molecule has 4 heteroatoms. The molecule has 0 atom stereocenters. The Morgan fingerprint density at radius 3 is 2.72 bits per heavy atom. The first kappa shape index (κ1) is 12.1. The zero-order valence-corrected chi connectivity index (χ0v) is 11.5. The van der Waals surface area contributed by atoms with E-state index in [2.05, 4.69) is 5.10 Å². The quantitative estimate of drug-likeness (QED) is 0.706. The van der Waals surface area contributed by atoms with Gasteiger partial charge in [0.1, 0.15) is 5.15 Å². The lowest BCUT2D eigenvalue weighted by molar-refractivity contribution is 0.694. The standard InChI is InChI=1S/C14H14Cl2N2/c15-10-5-4-6-11(9-10)18-14(16)12-7-2-1-3-8-13(12)17-18/h4-6,9H,1-3,7-8H2. The van der Waals surface area contributed by atoms with Crippen LogP contribution in [0.2, 0.25) is 10.2 Å². The van der Waals surface area contributed by atoms with Gasteiger partial charge < -0.3 is 0 Å². The second-order valence-electron chi connectivity index (χ2n) is 4.67. The summed E-state index contributed by atoms with van der Waals surface area (Å²) in [7, 11) is 0. The molecule has 0 amide bonds. The first-order chi connectivity index (χ1) is 8.75. The van der Waals surface area contributed by atoms with Crippen LogP contribution < -0.4 is 0 Å². The van der Waals surface area contributed by atoms with E-state index in [0.29, 0.717) is 5.02 Å². The summed E-state index contributed by atoms with van der Waals surface area (Å²) in [6.07, 6.45) is 5.74. The number of halogens is 2. The zero-order chi connectivity index (χ0) is 12.5. The number of hydrogen-bond donors (Lipinski definition) is 0. The Kier molecular flexibility index (Phi) is 3.31. The third kappa shape index (κ3) is 2.15. The van der Waals surface area contributed by atoms with Gasteiger partial charge in [0, 0.05) is 10.6 Å². The van der Waals surface area contributed by atoms with Crippen LogP contribution in [0.1, 0.15) is 30.5 Å². The Morgan fingerprint density at radius 1 is 1.06 bits per heavy atom. The van der Waals surface area contributed by atoms with Gasteiger partial charge in [0.05, 0.1) is 11.4 Å². The molecule has 18 heavy (non-hydrogen) atoms. The third-order valence-corrected chi connectivity index (χ3v) is 4.02. The van der Waals surface area contributed by atoms with E-state index in [0.717, 1.165) is 29.4 Å². The lowest BCUT2D eigenvalue weighted by Gasteiger charge is -2.04. The van der Waals surface area contributed by atoms with Crippen molar-refractivity contribution in [3.8, 4) is 5.69 Å². The number of rotatable bonds is 1. The van der Waals surface area contributed by atoms with Gasteiger partial charge in [-0.05, 0) is 43.9 Å². The molecule has 0 N–H and O–H groups in total. The molecule has 1 aliphatic carbocycles. The van der Waals surface area contributed by atoms with Crippen LogP contribution in [0.25, 0.3) is 5.69 Å². The average Bonchev–Trinajstić information content (AvgIpc) is 2.55. The van der Waals surface area contributed by atoms with Crippen molar-refractivity contribution in [3.05, 3.63) is 45.7 Å². The Bertz CT molecular complexity index is 575. The van der Waals surface area contributed by atoms with Crippen LogP contribution in [-0.2, 0) is 12.8 Å². The second-order valence-corrected chi connectivity index (χ2v) is 5.46. The Labute approximate surface area is 117 Å². The summed E-state index contributed by atoms with van der Waals surface area (Å²) in [5.41, 5.74) is 3.30. The molecule has 0 radical (unpaired) electrons. The molecule has 3 rings (SSSR count). The normalized spacial score (nSPS) is 15.2. The molecule has 1 aromatic heterocycles. The van der Waals surface area contributed by atoms with Crippen molar-refractivity contribution in [2.75, 3.05) is 0 Å². The van der Waals surface area contributed by atoms with Crippen molar-refractivity contribution in [2.24, 2.45) is 0 Å². The maximum atomic E-state index is 6.46. The van der Waals surface area contributed by atoms with Gasteiger partial charge in [0.15, 0.2) is 0 Å². The van der Waals surface area contributed by atoms with E-state index >= 15 is 0 Å². The number of nitrogens with zero attached hydrogens (tertiary/aromatic N) is 2. The highest BCUT2D eigenvalue weighted by atomic mass is 35.5. The fraction of sp³-hybridized carbons (Fsp3) is 0.357. The van der Waals surface area contributed by atoms with Gasteiger partial charge in [-0.15, -0.1) is 0 Å². The highest BCUT2D eigenvalue weighted by molar-refractivity contribution is 6.31.